The molecule has 0 radical (unpaired) electrons. The van der Waals surface area contributed by atoms with Crippen molar-refractivity contribution >= 4 is 5.84 Å². The van der Waals surface area contributed by atoms with Crippen molar-refractivity contribution in [2.75, 3.05) is 19.8 Å². The Balaban J connectivity index is 2.36. The topological polar surface area (TPSA) is 81.2 Å². The summed E-state index contributed by atoms with van der Waals surface area (Å²) >= 11 is 0. The minimum atomic E-state index is 0.00878. The van der Waals surface area contributed by atoms with Crippen LogP contribution in [0.5, 0.6) is 5.88 Å². The number of nitrogens with zero attached hydrogens (tertiary/aromatic N) is 1. The van der Waals surface area contributed by atoms with Gasteiger partial charge in [-0.3, -0.25) is 5.41 Å². The molecule has 0 saturated carbocycles. The first-order chi connectivity index (χ1) is 7.74. The molecule has 0 atom stereocenters. The molecule has 88 valence electrons. The van der Waals surface area contributed by atoms with Gasteiger partial charge in [0.25, 0.3) is 0 Å². The Labute approximate surface area is 95.1 Å². The predicted molar refractivity (Wildman–Crippen MR) is 61.9 cm³/mol. The largest absolute Gasteiger partial charge is 0.475 e. The van der Waals surface area contributed by atoms with Crippen molar-refractivity contribution in [3.05, 3.63) is 23.9 Å². The fourth-order valence-corrected chi connectivity index (χ4v) is 1.11. The lowest BCUT2D eigenvalue weighted by atomic mass is 10.2. The fraction of sp³-hybridized carbons (Fsp3) is 0.455. The maximum atomic E-state index is 7.27. The summed E-state index contributed by atoms with van der Waals surface area (Å²) in [4.78, 5) is 4.01. The second kappa shape index (κ2) is 6.79. The standard InChI is InChI=1S/C11H17N3O2/c1-2-5-15-6-7-16-10-8-9(11(12)13)3-4-14-10/h3-4,8H,2,5-7H2,1H3,(H3,12,13). The molecule has 0 spiro atoms. The summed E-state index contributed by atoms with van der Waals surface area (Å²) < 4.78 is 10.6. The zero-order chi connectivity index (χ0) is 11.8. The molecule has 0 amide bonds. The van der Waals surface area contributed by atoms with Crippen LogP contribution in [0.2, 0.25) is 0 Å². The number of pyridine rings is 1. The predicted octanol–water partition coefficient (Wildman–Crippen LogP) is 1.17. The van der Waals surface area contributed by atoms with Crippen LogP contribution in [0.15, 0.2) is 18.3 Å². The highest BCUT2D eigenvalue weighted by Crippen LogP contribution is 2.08. The molecule has 3 N–H and O–H groups in total. The van der Waals surface area contributed by atoms with Crippen LogP contribution in [0.3, 0.4) is 0 Å². The van der Waals surface area contributed by atoms with Crippen LogP contribution in [0.1, 0.15) is 18.9 Å². The van der Waals surface area contributed by atoms with Crippen molar-refractivity contribution in [2.45, 2.75) is 13.3 Å². The molecule has 0 bridgehead atoms. The third kappa shape index (κ3) is 4.27. The van der Waals surface area contributed by atoms with E-state index in [0.717, 1.165) is 13.0 Å². The van der Waals surface area contributed by atoms with Gasteiger partial charge in [-0.05, 0) is 12.5 Å². The smallest absolute Gasteiger partial charge is 0.213 e. The van der Waals surface area contributed by atoms with Gasteiger partial charge in [0.1, 0.15) is 12.4 Å². The van der Waals surface area contributed by atoms with Crippen molar-refractivity contribution < 1.29 is 9.47 Å². The summed E-state index contributed by atoms with van der Waals surface area (Å²) in [5.41, 5.74) is 5.96. The first kappa shape index (κ1) is 12.4. The number of nitrogens with two attached hydrogens (primary N) is 1. The van der Waals surface area contributed by atoms with E-state index in [1.165, 1.54) is 0 Å². The zero-order valence-corrected chi connectivity index (χ0v) is 9.40. The number of ether oxygens (including phenoxy) is 2. The summed E-state index contributed by atoms with van der Waals surface area (Å²) in [6, 6.07) is 3.31. The summed E-state index contributed by atoms with van der Waals surface area (Å²) in [7, 11) is 0. The van der Waals surface area contributed by atoms with E-state index in [-0.39, 0.29) is 5.84 Å². The monoisotopic (exact) mass is 223 g/mol. The average molecular weight is 223 g/mol. The van der Waals surface area contributed by atoms with Gasteiger partial charge in [-0.1, -0.05) is 6.92 Å². The van der Waals surface area contributed by atoms with Crippen molar-refractivity contribution in [1.82, 2.24) is 4.98 Å². The van der Waals surface area contributed by atoms with Gasteiger partial charge in [0.2, 0.25) is 5.88 Å². The van der Waals surface area contributed by atoms with Gasteiger partial charge in [-0.25, -0.2) is 4.98 Å². The highest BCUT2D eigenvalue weighted by Gasteiger charge is 2.00. The third-order valence-corrected chi connectivity index (χ3v) is 1.87. The Bertz CT molecular complexity index is 342. The number of amidine groups is 1. The lowest BCUT2D eigenvalue weighted by molar-refractivity contribution is 0.0990. The Hall–Kier alpha value is -1.62. The lowest BCUT2D eigenvalue weighted by Gasteiger charge is -2.06. The average Bonchev–Trinajstić information content (AvgIpc) is 2.29. The van der Waals surface area contributed by atoms with Crippen molar-refractivity contribution in [3.8, 4) is 5.88 Å². The molecule has 0 fully saturated rings. The van der Waals surface area contributed by atoms with Gasteiger partial charge < -0.3 is 15.2 Å². The summed E-state index contributed by atoms with van der Waals surface area (Å²) in [5, 5.41) is 7.27. The molecule has 1 aromatic rings. The molecule has 0 unspecified atom stereocenters. The van der Waals surface area contributed by atoms with Crippen molar-refractivity contribution in [3.63, 3.8) is 0 Å². The van der Waals surface area contributed by atoms with Crippen molar-refractivity contribution in [2.24, 2.45) is 5.73 Å². The van der Waals surface area contributed by atoms with E-state index in [4.69, 9.17) is 20.6 Å². The number of hydrogen-bond acceptors (Lipinski definition) is 4. The number of aromatic nitrogens is 1. The normalized spacial score (nSPS) is 10.1. The molecule has 0 aromatic carbocycles. The molecular weight excluding hydrogens is 206 g/mol. The number of rotatable bonds is 7. The molecular formula is C11H17N3O2. The Morgan fingerprint density at radius 1 is 1.44 bits per heavy atom. The van der Waals surface area contributed by atoms with Gasteiger partial charge in [0.05, 0.1) is 6.61 Å². The van der Waals surface area contributed by atoms with Crippen LogP contribution >= 0.6 is 0 Å². The quantitative estimate of drug-likeness (QED) is 0.413. The van der Waals surface area contributed by atoms with Crippen LogP contribution in [-0.2, 0) is 4.74 Å². The minimum Gasteiger partial charge on any atom is -0.475 e. The molecule has 5 heteroatoms. The molecule has 0 saturated heterocycles. The molecule has 5 nitrogen and oxygen atoms in total. The maximum absolute atomic E-state index is 7.27. The van der Waals surface area contributed by atoms with E-state index in [9.17, 15) is 0 Å². The van der Waals surface area contributed by atoms with Gasteiger partial charge in [0, 0.05) is 24.4 Å². The van der Waals surface area contributed by atoms with E-state index < -0.39 is 0 Å². The van der Waals surface area contributed by atoms with E-state index in [1.54, 1.807) is 18.3 Å². The Morgan fingerprint density at radius 2 is 2.25 bits per heavy atom. The molecule has 1 rings (SSSR count). The van der Waals surface area contributed by atoms with Crippen molar-refractivity contribution in [1.29, 1.82) is 5.41 Å². The minimum absolute atomic E-state index is 0.00878. The highest BCUT2D eigenvalue weighted by atomic mass is 16.5. The fourth-order valence-electron chi connectivity index (χ4n) is 1.11. The van der Waals surface area contributed by atoms with Crippen LogP contribution < -0.4 is 10.5 Å². The molecule has 0 aliphatic carbocycles. The van der Waals surface area contributed by atoms with Gasteiger partial charge in [0.15, 0.2) is 0 Å². The second-order valence-electron chi connectivity index (χ2n) is 3.26. The molecule has 1 aromatic heterocycles. The number of nitrogen functional groups attached to an aromatic ring is 1. The van der Waals surface area contributed by atoms with Crippen LogP contribution in [0.4, 0.5) is 0 Å². The Kier molecular flexibility index (Phi) is 5.28. The summed E-state index contributed by atoms with van der Waals surface area (Å²) in [5.74, 6) is 0.474. The number of hydrogen-bond donors (Lipinski definition) is 2. The highest BCUT2D eigenvalue weighted by molar-refractivity contribution is 5.95. The first-order valence-corrected chi connectivity index (χ1v) is 5.25. The summed E-state index contributed by atoms with van der Waals surface area (Å²) in [6.45, 7) is 3.79. The SMILES string of the molecule is CCCOCCOc1cc(C(=N)N)ccn1. The first-order valence-electron chi connectivity index (χ1n) is 5.25. The Morgan fingerprint density at radius 3 is 2.94 bits per heavy atom. The van der Waals surface area contributed by atoms with E-state index in [0.29, 0.717) is 24.7 Å². The van der Waals surface area contributed by atoms with E-state index in [2.05, 4.69) is 11.9 Å². The number of nitrogens with one attached hydrogen (secondary N) is 1. The molecule has 1 heterocycles. The third-order valence-electron chi connectivity index (χ3n) is 1.87. The van der Waals surface area contributed by atoms with Gasteiger partial charge in [-0.2, -0.15) is 0 Å². The van der Waals surface area contributed by atoms with Crippen LogP contribution in [-0.4, -0.2) is 30.6 Å². The lowest BCUT2D eigenvalue weighted by Crippen LogP contribution is -2.12. The van der Waals surface area contributed by atoms with Gasteiger partial charge >= 0.3 is 0 Å². The van der Waals surface area contributed by atoms with Crippen LogP contribution in [0, 0.1) is 5.41 Å². The molecule has 0 aliphatic heterocycles. The van der Waals surface area contributed by atoms with Crippen LogP contribution in [0.25, 0.3) is 0 Å². The molecule has 16 heavy (non-hydrogen) atoms. The van der Waals surface area contributed by atoms with E-state index >= 15 is 0 Å². The second-order valence-corrected chi connectivity index (χ2v) is 3.26. The van der Waals surface area contributed by atoms with E-state index in [1.807, 2.05) is 0 Å². The van der Waals surface area contributed by atoms with Gasteiger partial charge in [-0.15, -0.1) is 0 Å². The molecule has 0 aliphatic rings. The zero-order valence-electron chi connectivity index (χ0n) is 9.40. The maximum Gasteiger partial charge on any atom is 0.213 e. The summed E-state index contributed by atoms with van der Waals surface area (Å²) in [6.07, 6.45) is 2.57.